The molecule has 0 spiro atoms. The van der Waals surface area contributed by atoms with Gasteiger partial charge in [-0.2, -0.15) is 10.4 Å². The number of imidazole rings is 1. The van der Waals surface area contributed by atoms with Crippen molar-refractivity contribution < 1.29 is 9.47 Å². The van der Waals surface area contributed by atoms with E-state index in [1.807, 2.05) is 61.8 Å². The number of aromatic nitrogens is 4. The molecule has 4 aromatic rings. The zero-order valence-corrected chi connectivity index (χ0v) is 19.2. The van der Waals surface area contributed by atoms with Gasteiger partial charge in [0.2, 0.25) is 11.8 Å². The number of nitrogens with two attached hydrogens (primary N) is 1. The first-order valence-electron chi connectivity index (χ1n) is 11.0. The number of ether oxygens (including phenoxy) is 2. The second-order valence-corrected chi connectivity index (χ2v) is 8.00. The van der Waals surface area contributed by atoms with Crippen LogP contribution in [0.5, 0.6) is 11.6 Å². The molecule has 5 rings (SSSR count). The summed E-state index contributed by atoms with van der Waals surface area (Å²) < 4.78 is 14.9. The van der Waals surface area contributed by atoms with Gasteiger partial charge < -0.3 is 19.8 Å². The van der Waals surface area contributed by atoms with Crippen molar-refractivity contribution in [2.75, 3.05) is 7.11 Å². The number of methoxy groups -OCH3 is 1. The third kappa shape index (κ3) is 3.39. The van der Waals surface area contributed by atoms with E-state index in [2.05, 4.69) is 22.5 Å². The van der Waals surface area contributed by atoms with E-state index in [4.69, 9.17) is 20.3 Å². The van der Waals surface area contributed by atoms with Crippen LogP contribution in [-0.2, 0) is 13.5 Å². The van der Waals surface area contributed by atoms with E-state index < -0.39 is 5.92 Å². The standard InChI is InChI=1S/C26H24N6O2/c1-4-21-29-13-14-32(21)18-9-5-16(6-10-18)22-20(15-27)25(28)34-26-23(22)24(30-31(26)2)17-7-11-19(33-3)12-8-17/h5-14,22H,4,28H2,1-3H3. The van der Waals surface area contributed by atoms with E-state index in [0.29, 0.717) is 11.5 Å². The van der Waals surface area contributed by atoms with Crippen LogP contribution in [0.4, 0.5) is 0 Å². The molecule has 1 aliphatic heterocycles. The molecule has 1 unspecified atom stereocenters. The lowest BCUT2D eigenvalue weighted by atomic mass is 9.83. The zero-order valence-electron chi connectivity index (χ0n) is 19.2. The topological polar surface area (TPSA) is 104 Å². The largest absolute Gasteiger partial charge is 0.497 e. The number of benzene rings is 2. The Labute approximate surface area is 197 Å². The maximum absolute atomic E-state index is 10.0. The maximum Gasteiger partial charge on any atom is 0.224 e. The fourth-order valence-corrected chi connectivity index (χ4v) is 4.43. The number of hydrogen-bond acceptors (Lipinski definition) is 6. The van der Waals surface area contributed by atoms with Crippen LogP contribution in [0.15, 0.2) is 72.4 Å². The highest BCUT2D eigenvalue weighted by Crippen LogP contribution is 2.46. The van der Waals surface area contributed by atoms with Gasteiger partial charge in [-0.1, -0.05) is 19.1 Å². The number of nitrogens with zero attached hydrogens (tertiary/aromatic N) is 5. The summed E-state index contributed by atoms with van der Waals surface area (Å²) in [6.45, 7) is 2.08. The van der Waals surface area contributed by atoms with Crippen molar-refractivity contribution >= 4 is 0 Å². The van der Waals surface area contributed by atoms with Gasteiger partial charge in [0.05, 0.1) is 18.6 Å². The predicted octanol–water partition coefficient (Wildman–Crippen LogP) is 4.06. The SMILES string of the molecule is CCc1nccn1-c1ccc(C2C(C#N)=C(N)Oc3c2c(-c2ccc(OC)cc2)nn3C)cc1. The van der Waals surface area contributed by atoms with Gasteiger partial charge in [-0.25, -0.2) is 9.67 Å². The Hall–Kier alpha value is -4.51. The molecule has 8 nitrogen and oxygen atoms in total. The predicted molar refractivity (Wildman–Crippen MR) is 127 cm³/mol. The molecule has 1 atom stereocenters. The number of nitriles is 1. The molecule has 170 valence electrons. The lowest BCUT2D eigenvalue weighted by Gasteiger charge is -2.25. The van der Waals surface area contributed by atoms with Crippen LogP contribution in [0.1, 0.15) is 29.8 Å². The summed E-state index contributed by atoms with van der Waals surface area (Å²) in [5.41, 5.74) is 10.9. The lowest BCUT2D eigenvalue weighted by Crippen LogP contribution is -2.21. The number of fused-ring (bicyclic) bond motifs is 1. The summed E-state index contributed by atoms with van der Waals surface area (Å²) in [7, 11) is 3.44. The molecule has 0 fully saturated rings. The molecule has 0 saturated carbocycles. The zero-order chi connectivity index (χ0) is 23.8. The average molecular weight is 453 g/mol. The van der Waals surface area contributed by atoms with Crippen molar-refractivity contribution in [1.29, 1.82) is 5.26 Å². The first-order valence-corrected chi connectivity index (χ1v) is 11.0. The Morgan fingerprint density at radius 1 is 1.15 bits per heavy atom. The highest BCUT2D eigenvalue weighted by atomic mass is 16.5. The number of allylic oxidation sites excluding steroid dienone is 1. The summed E-state index contributed by atoms with van der Waals surface area (Å²) in [6, 6.07) is 18.0. The van der Waals surface area contributed by atoms with Gasteiger partial charge in [-0.15, -0.1) is 0 Å². The first kappa shape index (κ1) is 21.3. The first-order chi connectivity index (χ1) is 16.5. The van der Waals surface area contributed by atoms with Gasteiger partial charge in [-0.05, 0) is 42.0 Å². The van der Waals surface area contributed by atoms with E-state index >= 15 is 0 Å². The quantitative estimate of drug-likeness (QED) is 0.490. The molecule has 1 aliphatic rings. The van der Waals surface area contributed by atoms with E-state index in [9.17, 15) is 5.26 Å². The number of aryl methyl sites for hydroxylation is 2. The van der Waals surface area contributed by atoms with Crippen LogP contribution in [0.25, 0.3) is 16.9 Å². The maximum atomic E-state index is 10.0. The molecule has 2 aromatic heterocycles. The van der Waals surface area contributed by atoms with Crippen molar-refractivity contribution in [3.8, 4) is 34.6 Å². The van der Waals surface area contributed by atoms with Crippen LogP contribution >= 0.6 is 0 Å². The van der Waals surface area contributed by atoms with Crippen LogP contribution in [0.2, 0.25) is 0 Å². The van der Waals surface area contributed by atoms with Gasteiger partial charge >= 0.3 is 0 Å². The summed E-state index contributed by atoms with van der Waals surface area (Å²) >= 11 is 0. The summed E-state index contributed by atoms with van der Waals surface area (Å²) in [5.74, 6) is 1.94. The van der Waals surface area contributed by atoms with Crippen molar-refractivity contribution in [1.82, 2.24) is 19.3 Å². The Balaban J connectivity index is 1.65. The molecule has 0 amide bonds. The van der Waals surface area contributed by atoms with E-state index in [0.717, 1.165) is 46.1 Å². The fourth-order valence-electron chi connectivity index (χ4n) is 4.43. The molecule has 0 bridgehead atoms. The molecular weight excluding hydrogens is 428 g/mol. The molecule has 0 aliphatic carbocycles. The van der Waals surface area contributed by atoms with Crippen molar-refractivity contribution in [2.24, 2.45) is 12.8 Å². The van der Waals surface area contributed by atoms with Crippen molar-refractivity contribution in [2.45, 2.75) is 19.3 Å². The van der Waals surface area contributed by atoms with E-state index in [-0.39, 0.29) is 5.88 Å². The van der Waals surface area contributed by atoms with Gasteiger partial charge in [0.25, 0.3) is 0 Å². The fraction of sp³-hybridized carbons (Fsp3) is 0.192. The van der Waals surface area contributed by atoms with Gasteiger partial charge in [0.1, 0.15) is 28.9 Å². The molecular formula is C26H24N6O2. The minimum absolute atomic E-state index is 0.0937. The monoisotopic (exact) mass is 452 g/mol. The Morgan fingerprint density at radius 2 is 1.88 bits per heavy atom. The number of hydrogen-bond donors (Lipinski definition) is 1. The highest BCUT2D eigenvalue weighted by Gasteiger charge is 2.36. The molecule has 2 N–H and O–H groups in total. The van der Waals surface area contributed by atoms with Gasteiger partial charge in [0, 0.05) is 37.1 Å². The molecule has 34 heavy (non-hydrogen) atoms. The Morgan fingerprint density at radius 3 is 2.53 bits per heavy atom. The van der Waals surface area contributed by atoms with Crippen LogP contribution < -0.4 is 15.2 Å². The molecule has 0 radical (unpaired) electrons. The molecule has 0 saturated heterocycles. The third-order valence-corrected chi connectivity index (χ3v) is 6.10. The van der Waals surface area contributed by atoms with E-state index in [1.54, 1.807) is 18.0 Å². The molecule has 2 aromatic carbocycles. The highest BCUT2D eigenvalue weighted by molar-refractivity contribution is 5.71. The second-order valence-electron chi connectivity index (χ2n) is 8.00. The molecule has 8 heteroatoms. The minimum Gasteiger partial charge on any atom is -0.497 e. The van der Waals surface area contributed by atoms with Crippen LogP contribution in [0, 0.1) is 11.3 Å². The summed E-state index contributed by atoms with van der Waals surface area (Å²) in [5, 5.41) is 14.7. The summed E-state index contributed by atoms with van der Waals surface area (Å²) in [6.07, 6.45) is 4.57. The van der Waals surface area contributed by atoms with Gasteiger partial charge in [-0.3, -0.25) is 0 Å². The van der Waals surface area contributed by atoms with Crippen molar-refractivity contribution in [3.05, 3.63) is 89.3 Å². The minimum atomic E-state index is -0.415. The lowest BCUT2D eigenvalue weighted by molar-refractivity contribution is 0.358. The number of rotatable bonds is 5. The van der Waals surface area contributed by atoms with Crippen LogP contribution in [0.3, 0.4) is 0 Å². The Bertz CT molecular complexity index is 1420. The smallest absolute Gasteiger partial charge is 0.224 e. The third-order valence-electron chi connectivity index (χ3n) is 6.10. The van der Waals surface area contributed by atoms with E-state index in [1.165, 1.54) is 0 Å². The van der Waals surface area contributed by atoms with Crippen LogP contribution in [-0.4, -0.2) is 26.4 Å². The second kappa shape index (κ2) is 8.45. The normalized spacial score (nSPS) is 14.9. The Kier molecular flexibility index (Phi) is 5.30. The van der Waals surface area contributed by atoms with Crippen molar-refractivity contribution in [3.63, 3.8) is 0 Å². The molecule has 3 heterocycles. The van der Waals surface area contributed by atoms with Gasteiger partial charge in [0.15, 0.2) is 0 Å². The summed E-state index contributed by atoms with van der Waals surface area (Å²) in [4.78, 5) is 4.41. The average Bonchev–Trinajstić information content (AvgIpc) is 3.48.